The maximum atomic E-state index is 10.6. The number of alkyl halides is 3. The highest BCUT2D eigenvalue weighted by molar-refractivity contribution is 7.80. The number of rotatable bonds is 1. The summed E-state index contributed by atoms with van der Waals surface area (Å²) in [5.74, 6) is 2.36. The lowest BCUT2D eigenvalue weighted by molar-refractivity contribution is -0.192. The molecular formula is C9H8ClF3N2O2S. The molecule has 1 aromatic rings. The molecule has 0 atom stereocenters. The molecule has 0 bridgehead atoms. The molecule has 1 rings (SSSR count). The third kappa shape index (κ3) is 6.38. The van der Waals surface area contributed by atoms with Crippen LogP contribution >= 0.6 is 23.8 Å². The number of benzene rings is 1. The SMILES string of the molecule is NNC(=S)c1ccc(Cl)cc1.O=C(O)C(F)(F)F. The molecule has 0 radical (unpaired) electrons. The van der Waals surface area contributed by atoms with E-state index >= 15 is 0 Å². The number of carboxylic acids is 1. The Labute approximate surface area is 111 Å². The van der Waals surface area contributed by atoms with Crippen molar-refractivity contribution in [2.24, 2.45) is 5.84 Å². The number of halogens is 4. The standard InChI is InChI=1S/C7H7ClN2S.C2HF3O2/c8-6-3-1-5(2-4-6)7(11)10-9;3-2(4,5)1(6)7/h1-4H,9H2,(H,10,11);(H,6,7). The molecule has 0 heterocycles. The predicted molar refractivity (Wildman–Crippen MR) is 64.2 cm³/mol. The van der Waals surface area contributed by atoms with Crippen molar-refractivity contribution in [1.29, 1.82) is 0 Å². The van der Waals surface area contributed by atoms with Gasteiger partial charge in [0.2, 0.25) is 0 Å². The predicted octanol–water partition coefficient (Wildman–Crippen LogP) is 2.11. The summed E-state index contributed by atoms with van der Waals surface area (Å²) >= 11 is 10.6. The van der Waals surface area contributed by atoms with Gasteiger partial charge >= 0.3 is 12.1 Å². The summed E-state index contributed by atoms with van der Waals surface area (Å²) in [6, 6.07) is 7.15. The first-order valence-electron chi connectivity index (χ1n) is 4.25. The number of thiocarbonyl (C=S) groups is 1. The van der Waals surface area contributed by atoms with E-state index in [0.29, 0.717) is 10.0 Å². The molecule has 4 N–H and O–H groups in total. The maximum Gasteiger partial charge on any atom is 0.490 e. The molecule has 0 unspecified atom stereocenters. The van der Waals surface area contributed by atoms with Crippen molar-refractivity contribution in [3.05, 3.63) is 34.9 Å². The van der Waals surface area contributed by atoms with Crippen LogP contribution in [0.15, 0.2) is 24.3 Å². The number of hydrogen-bond acceptors (Lipinski definition) is 3. The third-order valence-electron chi connectivity index (χ3n) is 1.48. The van der Waals surface area contributed by atoms with E-state index in [0.717, 1.165) is 5.56 Å². The molecule has 0 saturated heterocycles. The number of carboxylic acid groups (broad SMARTS) is 1. The van der Waals surface area contributed by atoms with E-state index in [-0.39, 0.29) is 0 Å². The van der Waals surface area contributed by atoms with Crippen LogP contribution in [-0.2, 0) is 4.79 Å². The van der Waals surface area contributed by atoms with Crippen LogP contribution in [0.3, 0.4) is 0 Å². The first kappa shape index (κ1) is 16.6. The van der Waals surface area contributed by atoms with Crippen molar-refractivity contribution < 1.29 is 23.1 Å². The number of nitrogens with one attached hydrogen (secondary N) is 1. The number of nitrogens with two attached hydrogens (primary N) is 1. The molecule has 0 aliphatic heterocycles. The van der Waals surface area contributed by atoms with Gasteiger partial charge in [-0.15, -0.1) is 0 Å². The molecule has 0 aromatic heterocycles. The van der Waals surface area contributed by atoms with Crippen molar-refractivity contribution in [3.8, 4) is 0 Å². The molecule has 0 aliphatic carbocycles. The lowest BCUT2D eigenvalue weighted by Gasteiger charge is -2.00. The summed E-state index contributed by atoms with van der Waals surface area (Å²) in [5.41, 5.74) is 3.26. The summed E-state index contributed by atoms with van der Waals surface area (Å²) in [7, 11) is 0. The van der Waals surface area contributed by atoms with Gasteiger partial charge in [0, 0.05) is 10.6 Å². The quantitative estimate of drug-likeness (QED) is 0.421. The maximum absolute atomic E-state index is 10.6. The van der Waals surface area contributed by atoms with Gasteiger partial charge in [0.1, 0.15) is 4.99 Å². The Morgan fingerprint density at radius 1 is 1.33 bits per heavy atom. The average molecular weight is 301 g/mol. The molecule has 1 aromatic carbocycles. The van der Waals surface area contributed by atoms with Gasteiger partial charge in [-0.2, -0.15) is 13.2 Å². The third-order valence-corrected chi connectivity index (χ3v) is 2.09. The Hall–Kier alpha value is -1.38. The van der Waals surface area contributed by atoms with E-state index in [1.54, 1.807) is 12.1 Å². The second-order valence-corrected chi connectivity index (χ2v) is 3.63. The zero-order valence-electron chi connectivity index (χ0n) is 8.66. The van der Waals surface area contributed by atoms with E-state index < -0.39 is 12.1 Å². The monoisotopic (exact) mass is 300 g/mol. The zero-order chi connectivity index (χ0) is 14.3. The molecular weight excluding hydrogens is 293 g/mol. The topological polar surface area (TPSA) is 75.3 Å². The van der Waals surface area contributed by atoms with Gasteiger partial charge in [0.05, 0.1) is 0 Å². The zero-order valence-corrected chi connectivity index (χ0v) is 10.2. The highest BCUT2D eigenvalue weighted by Gasteiger charge is 2.38. The van der Waals surface area contributed by atoms with Crippen LogP contribution in [0.4, 0.5) is 13.2 Å². The normalized spacial score (nSPS) is 10.1. The van der Waals surface area contributed by atoms with Gasteiger partial charge in [-0.25, -0.2) is 10.6 Å². The summed E-state index contributed by atoms with van der Waals surface area (Å²) < 4.78 is 31.7. The van der Waals surface area contributed by atoms with Crippen molar-refractivity contribution in [1.82, 2.24) is 5.43 Å². The summed E-state index contributed by atoms with van der Waals surface area (Å²) in [6.45, 7) is 0. The summed E-state index contributed by atoms with van der Waals surface area (Å²) in [6.07, 6.45) is -5.08. The lowest BCUT2D eigenvalue weighted by atomic mass is 10.2. The molecule has 0 aliphatic rings. The van der Waals surface area contributed by atoms with Crippen LogP contribution < -0.4 is 11.3 Å². The molecule has 100 valence electrons. The molecule has 9 heteroatoms. The van der Waals surface area contributed by atoms with E-state index in [2.05, 4.69) is 5.43 Å². The molecule has 18 heavy (non-hydrogen) atoms. The second-order valence-electron chi connectivity index (χ2n) is 2.78. The number of hydrogen-bond donors (Lipinski definition) is 3. The van der Waals surface area contributed by atoms with Gasteiger partial charge in [0.25, 0.3) is 0 Å². The van der Waals surface area contributed by atoms with Crippen LogP contribution in [0.2, 0.25) is 5.02 Å². The Morgan fingerprint density at radius 2 is 1.72 bits per heavy atom. The fraction of sp³-hybridized carbons (Fsp3) is 0.111. The van der Waals surface area contributed by atoms with Crippen LogP contribution in [0.25, 0.3) is 0 Å². The molecule has 4 nitrogen and oxygen atoms in total. The van der Waals surface area contributed by atoms with Crippen LogP contribution in [-0.4, -0.2) is 22.2 Å². The van der Waals surface area contributed by atoms with E-state index in [4.69, 9.17) is 39.6 Å². The number of carbonyl (C=O) groups is 1. The summed E-state index contributed by atoms with van der Waals surface area (Å²) in [4.78, 5) is 9.41. The highest BCUT2D eigenvalue weighted by atomic mass is 35.5. The molecule has 0 amide bonds. The highest BCUT2D eigenvalue weighted by Crippen LogP contribution is 2.13. The van der Waals surface area contributed by atoms with Gasteiger partial charge < -0.3 is 10.5 Å². The first-order chi connectivity index (χ1) is 8.18. The minimum Gasteiger partial charge on any atom is -0.475 e. The van der Waals surface area contributed by atoms with Crippen LogP contribution in [0, 0.1) is 0 Å². The van der Waals surface area contributed by atoms with Crippen molar-refractivity contribution in [2.45, 2.75) is 6.18 Å². The first-order valence-corrected chi connectivity index (χ1v) is 5.03. The van der Waals surface area contributed by atoms with Crippen molar-refractivity contribution >= 4 is 34.8 Å². The Morgan fingerprint density at radius 3 is 2.00 bits per heavy atom. The van der Waals surface area contributed by atoms with Crippen LogP contribution in [0.5, 0.6) is 0 Å². The number of aliphatic carboxylic acids is 1. The lowest BCUT2D eigenvalue weighted by Crippen LogP contribution is -2.28. The van der Waals surface area contributed by atoms with E-state index in [1.807, 2.05) is 12.1 Å². The fourth-order valence-electron chi connectivity index (χ4n) is 0.685. The van der Waals surface area contributed by atoms with Gasteiger partial charge in [0.15, 0.2) is 0 Å². The smallest absolute Gasteiger partial charge is 0.475 e. The van der Waals surface area contributed by atoms with Gasteiger partial charge in [-0.1, -0.05) is 36.0 Å². The molecule has 0 saturated carbocycles. The minimum absolute atomic E-state index is 0.515. The van der Waals surface area contributed by atoms with Crippen molar-refractivity contribution in [2.75, 3.05) is 0 Å². The van der Waals surface area contributed by atoms with Gasteiger partial charge in [-0.05, 0) is 12.1 Å². The van der Waals surface area contributed by atoms with Crippen LogP contribution in [0.1, 0.15) is 5.56 Å². The molecule has 0 spiro atoms. The average Bonchev–Trinajstić information content (AvgIpc) is 2.28. The minimum atomic E-state index is -5.08. The number of hydrazine groups is 1. The summed E-state index contributed by atoms with van der Waals surface area (Å²) in [5, 5.41) is 7.81. The second kappa shape index (κ2) is 7.14. The molecule has 0 fully saturated rings. The Kier molecular flexibility index (Phi) is 6.60. The van der Waals surface area contributed by atoms with Gasteiger partial charge in [-0.3, -0.25) is 0 Å². The fourth-order valence-corrected chi connectivity index (χ4v) is 0.947. The van der Waals surface area contributed by atoms with E-state index in [9.17, 15) is 13.2 Å². The Bertz CT molecular complexity index is 423. The van der Waals surface area contributed by atoms with Crippen molar-refractivity contribution in [3.63, 3.8) is 0 Å². The van der Waals surface area contributed by atoms with E-state index in [1.165, 1.54) is 0 Å². The Balaban J connectivity index is 0.000000360. The largest absolute Gasteiger partial charge is 0.490 e.